The minimum Gasteiger partial charge on any atom is -0.497 e. The van der Waals surface area contributed by atoms with Gasteiger partial charge < -0.3 is 15.9 Å². The number of nitrogens with one attached hydrogen (secondary N) is 2. The molecule has 2 rings (SSSR count). The molecule has 0 aliphatic rings. The number of carbonyl (C=O) groups is 2. The Morgan fingerprint density at radius 2 is 1.96 bits per heavy atom. The number of ether oxygens (including phenoxy) is 1. The maximum absolute atomic E-state index is 11.9. The van der Waals surface area contributed by atoms with Crippen molar-refractivity contribution in [3.05, 3.63) is 24.3 Å². The highest BCUT2D eigenvalue weighted by Gasteiger charge is 2.15. The minimum absolute atomic E-state index is 0.00442. The number of hydrogen-bond donors (Lipinski definition) is 3. The number of urea groups is 1. The van der Waals surface area contributed by atoms with Gasteiger partial charge in [-0.2, -0.15) is 0 Å². The summed E-state index contributed by atoms with van der Waals surface area (Å²) in [6.45, 7) is 4.64. The van der Waals surface area contributed by atoms with E-state index < -0.39 is 11.9 Å². The molecule has 0 atom stereocenters. The molecule has 1 heterocycles. The number of benzene rings is 1. The Morgan fingerprint density at radius 3 is 2.59 bits per heavy atom. The second kappa shape index (κ2) is 9.81. The zero-order valence-electron chi connectivity index (χ0n) is 15.6. The van der Waals surface area contributed by atoms with Crippen LogP contribution >= 0.6 is 11.8 Å². The molecule has 3 amide bonds. The summed E-state index contributed by atoms with van der Waals surface area (Å²) in [5, 5.41) is 13.3. The molecule has 0 saturated carbocycles. The summed E-state index contributed by atoms with van der Waals surface area (Å²) in [6, 6.07) is 6.71. The van der Waals surface area contributed by atoms with Gasteiger partial charge in [-0.15, -0.1) is 10.2 Å². The van der Waals surface area contributed by atoms with Gasteiger partial charge in [-0.25, -0.2) is 9.47 Å². The standard InChI is InChI=1S/C17H24N6O3S/c1-11(2)8-9-19-16(25)20-14(24)10-27-17-22-21-15(23(17)18)12-4-6-13(26-3)7-5-12/h4-7,11H,8-10,18H2,1-3H3,(H2,19,20,24,25). The van der Waals surface area contributed by atoms with Crippen LogP contribution in [0.5, 0.6) is 5.75 Å². The lowest BCUT2D eigenvalue weighted by Gasteiger charge is -2.08. The van der Waals surface area contributed by atoms with Crippen LogP contribution in [-0.4, -0.2) is 46.2 Å². The largest absolute Gasteiger partial charge is 0.497 e. The first-order valence-corrected chi connectivity index (χ1v) is 9.44. The number of rotatable bonds is 8. The lowest BCUT2D eigenvalue weighted by atomic mass is 10.1. The predicted molar refractivity (Wildman–Crippen MR) is 104 cm³/mol. The fraction of sp³-hybridized carbons (Fsp3) is 0.412. The summed E-state index contributed by atoms with van der Waals surface area (Å²) in [4.78, 5) is 23.5. The van der Waals surface area contributed by atoms with Gasteiger partial charge in [0.15, 0.2) is 5.82 Å². The van der Waals surface area contributed by atoms with E-state index in [9.17, 15) is 9.59 Å². The highest BCUT2D eigenvalue weighted by molar-refractivity contribution is 7.99. The fourth-order valence-corrected chi connectivity index (χ4v) is 2.78. The van der Waals surface area contributed by atoms with Crippen molar-refractivity contribution in [2.75, 3.05) is 25.3 Å². The number of nitrogens with two attached hydrogens (primary N) is 1. The quantitative estimate of drug-likeness (QED) is 0.461. The van der Waals surface area contributed by atoms with Crippen molar-refractivity contribution in [3.63, 3.8) is 0 Å². The number of hydrogen-bond acceptors (Lipinski definition) is 7. The van der Waals surface area contributed by atoms with Crippen molar-refractivity contribution >= 4 is 23.7 Å². The summed E-state index contributed by atoms with van der Waals surface area (Å²) in [6.07, 6.45) is 0.848. The van der Waals surface area contributed by atoms with Gasteiger partial charge in [0.05, 0.1) is 12.9 Å². The molecule has 0 saturated heterocycles. The van der Waals surface area contributed by atoms with E-state index in [4.69, 9.17) is 10.6 Å². The van der Waals surface area contributed by atoms with Crippen LogP contribution in [0.4, 0.5) is 4.79 Å². The van der Waals surface area contributed by atoms with Crippen LogP contribution in [0.3, 0.4) is 0 Å². The highest BCUT2D eigenvalue weighted by atomic mass is 32.2. The number of amides is 3. The Balaban J connectivity index is 1.86. The SMILES string of the molecule is COc1ccc(-c2nnc(SCC(=O)NC(=O)NCCC(C)C)n2N)cc1. The molecule has 0 unspecified atom stereocenters. The molecule has 10 heteroatoms. The van der Waals surface area contributed by atoms with Gasteiger partial charge >= 0.3 is 6.03 Å². The average Bonchev–Trinajstić information content (AvgIpc) is 3.00. The van der Waals surface area contributed by atoms with Crippen molar-refractivity contribution in [2.45, 2.75) is 25.4 Å². The molecule has 9 nitrogen and oxygen atoms in total. The van der Waals surface area contributed by atoms with E-state index in [1.165, 1.54) is 4.68 Å². The van der Waals surface area contributed by atoms with E-state index in [0.717, 1.165) is 29.5 Å². The van der Waals surface area contributed by atoms with Gasteiger partial charge in [0.2, 0.25) is 11.1 Å². The first kappa shape index (κ1) is 20.6. The van der Waals surface area contributed by atoms with Crippen molar-refractivity contribution in [1.29, 1.82) is 0 Å². The Labute approximate surface area is 162 Å². The smallest absolute Gasteiger partial charge is 0.321 e. The number of carbonyl (C=O) groups excluding carboxylic acids is 2. The molecular weight excluding hydrogens is 368 g/mol. The molecule has 0 fully saturated rings. The summed E-state index contributed by atoms with van der Waals surface area (Å²) in [5.41, 5.74) is 0.770. The number of thioether (sulfide) groups is 1. The van der Waals surface area contributed by atoms with Crippen LogP contribution in [0.2, 0.25) is 0 Å². The second-order valence-electron chi connectivity index (χ2n) is 6.18. The number of nitrogens with zero attached hydrogens (tertiary/aromatic N) is 3. The van der Waals surface area contributed by atoms with E-state index in [1.54, 1.807) is 19.2 Å². The molecule has 0 bridgehead atoms. The molecule has 1 aromatic carbocycles. The molecule has 27 heavy (non-hydrogen) atoms. The molecule has 0 aliphatic carbocycles. The van der Waals surface area contributed by atoms with E-state index in [1.807, 2.05) is 12.1 Å². The maximum Gasteiger partial charge on any atom is 0.321 e. The summed E-state index contributed by atoms with van der Waals surface area (Å²) < 4.78 is 6.43. The normalized spacial score (nSPS) is 10.7. The predicted octanol–water partition coefficient (Wildman–Crippen LogP) is 1.63. The van der Waals surface area contributed by atoms with E-state index >= 15 is 0 Å². The van der Waals surface area contributed by atoms with Crippen LogP contribution in [0.1, 0.15) is 20.3 Å². The van der Waals surface area contributed by atoms with E-state index in [0.29, 0.717) is 23.4 Å². The van der Waals surface area contributed by atoms with Gasteiger partial charge in [0.25, 0.3) is 0 Å². The van der Waals surface area contributed by atoms with Crippen LogP contribution < -0.4 is 21.2 Å². The van der Waals surface area contributed by atoms with Crippen molar-refractivity contribution < 1.29 is 14.3 Å². The van der Waals surface area contributed by atoms with E-state index in [-0.39, 0.29) is 5.75 Å². The second-order valence-corrected chi connectivity index (χ2v) is 7.12. The summed E-state index contributed by atoms with van der Waals surface area (Å²) >= 11 is 1.10. The van der Waals surface area contributed by atoms with Crippen LogP contribution in [0, 0.1) is 5.92 Å². The maximum atomic E-state index is 11.9. The number of nitrogen functional groups attached to an aromatic ring is 1. The monoisotopic (exact) mass is 392 g/mol. The number of imide groups is 1. The number of methoxy groups -OCH3 is 1. The zero-order valence-corrected chi connectivity index (χ0v) is 16.4. The Bertz CT molecular complexity index is 775. The molecule has 4 N–H and O–H groups in total. The first-order valence-electron chi connectivity index (χ1n) is 8.46. The van der Waals surface area contributed by atoms with Gasteiger partial charge in [0, 0.05) is 12.1 Å². The third-order valence-corrected chi connectivity index (χ3v) is 4.55. The summed E-state index contributed by atoms with van der Waals surface area (Å²) in [7, 11) is 1.59. The molecule has 0 aliphatic heterocycles. The number of aromatic nitrogens is 3. The molecule has 2 aromatic rings. The molecular formula is C17H24N6O3S. The van der Waals surface area contributed by atoms with Gasteiger partial charge in [-0.3, -0.25) is 10.1 Å². The Kier molecular flexibility index (Phi) is 7.47. The topological polar surface area (TPSA) is 124 Å². The molecule has 0 spiro atoms. The zero-order chi connectivity index (χ0) is 19.8. The van der Waals surface area contributed by atoms with Crippen LogP contribution in [0.25, 0.3) is 11.4 Å². The van der Waals surface area contributed by atoms with Crippen molar-refractivity contribution in [2.24, 2.45) is 5.92 Å². The van der Waals surface area contributed by atoms with Crippen molar-refractivity contribution in [3.8, 4) is 17.1 Å². The molecule has 1 aromatic heterocycles. The van der Waals surface area contributed by atoms with E-state index in [2.05, 4.69) is 34.7 Å². The minimum atomic E-state index is -0.505. The molecule has 146 valence electrons. The average molecular weight is 392 g/mol. The van der Waals surface area contributed by atoms with Crippen molar-refractivity contribution in [1.82, 2.24) is 25.5 Å². The summed E-state index contributed by atoms with van der Waals surface area (Å²) in [5.74, 6) is 7.24. The lowest BCUT2D eigenvalue weighted by molar-refractivity contribution is -0.117. The van der Waals surface area contributed by atoms with Gasteiger partial charge in [0.1, 0.15) is 5.75 Å². The third-order valence-electron chi connectivity index (χ3n) is 3.61. The van der Waals surface area contributed by atoms with Gasteiger partial charge in [-0.05, 0) is 36.6 Å². The third kappa shape index (κ3) is 6.17. The Hall–Kier alpha value is -2.75. The lowest BCUT2D eigenvalue weighted by Crippen LogP contribution is -2.40. The van der Waals surface area contributed by atoms with Gasteiger partial charge in [-0.1, -0.05) is 25.6 Å². The fourth-order valence-electron chi connectivity index (χ4n) is 2.12. The Morgan fingerprint density at radius 1 is 1.26 bits per heavy atom. The highest BCUT2D eigenvalue weighted by Crippen LogP contribution is 2.23. The molecule has 0 radical (unpaired) electrons. The van der Waals surface area contributed by atoms with Crippen LogP contribution in [-0.2, 0) is 4.79 Å². The first-order chi connectivity index (χ1) is 12.9. The van der Waals surface area contributed by atoms with Crippen LogP contribution in [0.15, 0.2) is 29.4 Å².